The molecule has 0 unspecified atom stereocenters. The van der Waals surface area contributed by atoms with Crippen molar-refractivity contribution in [1.29, 1.82) is 0 Å². The first-order valence-electron chi connectivity index (χ1n) is 6.58. The molecule has 1 aromatic carbocycles. The van der Waals surface area contributed by atoms with Gasteiger partial charge in [-0.05, 0) is 50.3 Å². The van der Waals surface area contributed by atoms with Crippen molar-refractivity contribution in [2.75, 3.05) is 12.3 Å². The number of nitrogens with zero attached hydrogens (tertiary/aromatic N) is 3. The minimum absolute atomic E-state index is 0.382. The zero-order chi connectivity index (χ0) is 15.0. The zero-order valence-electron chi connectivity index (χ0n) is 11.8. The Hall–Kier alpha value is -2.41. The SMILES string of the molecule is CCOc1ccc(-n2c(N)c3c(C)n[nH]c3nc2=S)cc1. The van der Waals surface area contributed by atoms with Crippen LogP contribution in [0.1, 0.15) is 12.6 Å². The van der Waals surface area contributed by atoms with Gasteiger partial charge in [0.15, 0.2) is 5.65 Å². The van der Waals surface area contributed by atoms with Gasteiger partial charge in [0.1, 0.15) is 11.6 Å². The number of aryl methyl sites for hydroxylation is 1. The van der Waals surface area contributed by atoms with Crippen LogP contribution < -0.4 is 10.5 Å². The number of rotatable bonds is 3. The van der Waals surface area contributed by atoms with Crippen molar-refractivity contribution < 1.29 is 4.74 Å². The van der Waals surface area contributed by atoms with Crippen LogP contribution in [-0.4, -0.2) is 26.4 Å². The third-order valence-electron chi connectivity index (χ3n) is 3.23. The second-order valence-corrected chi connectivity index (χ2v) is 4.94. The number of hydrogen-bond acceptors (Lipinski definition) is 5. The van der Waals surface area contributed by atoms with Gasteiger partial charge in [-0.3, -0.25) is 9.67 Å². The Labute approximate surface area is 126 Å². The van der Waals surface area contributed by atoms with Crippen molar-refractivity contribution in [2.24, 2.45) is 0 Å². The molecule has 3 rings (SSSR count). The molecule has 0 spiro atoms. The Morgan fingerprint density at radius 3 is 2.71 bits per heavy atom. The number of benzene rings is 1. The maximum atomic E-state index is 6.26. The van der Waals surface area contributed by atoms with Gasteiger partial charge in [-0.1, -0.05) is 0 Å². The van der Waals surface area contributed by atoms with Crippen LogP contribution in [-0.2, 0) is 0 Å². The summed E-state index contributed by atoms with van der Waals surface area (Å²) in [5.41, 5.74) is 8.51. The fraction of sp³-hybridized carbons (Fsp3) is 0.214. The minimum atomic E-state index is 0.382. The molecule has 6 nitrogen and oxygen atoms in total. The van der Waals surface area contributed by atoms with Gasteiger partial charge in [0.05, 0.1) is 23.4 Å². The summed E-state index contributed by atoms with van der Waals surface area (Å²) in [5, 5.41) is 7.75. The van der Waals surface area contributed by atoms with E-state index in [-0.39, 0.29) is 0 Å². The molecule has 0 fully saturated rings. The Morgan fingerprint density at radius 1 is 1.33 bits per heavy atom. The number of H-pyrrole nitrogens is 1. The summed E-state index contributed by atoms with van der Waals surface area (Å²) in [7, 11) is 0. The summed E-state index contributed by atoms with van der Waals surface area (Å²) in [4.78, 5) is 4.34. The average molecular weight is 301 g/mol. The lowest BCUT2D eigenvalue weighted by Gasteiger charge is -2.12. The topological polar surface area (TPSA) is 81.8 Å². The molecule has 3 N–H and O–H groups in total. The quantitative estimate of drug-likeness (QED) is 0.727. The number of nitrogens with two attached hydrogens (primary N) is 1. The van der Waals surface area contributed by atoms with Crippen LogP contribution in [0.3, 0.4) is 0 Å². The standard InChI is InChI=1S/C14H15N5OS/c1-3-20-10-6-4-9(5-7-10)19-12(15)11-8(2)17-18-13(11)16-14(19)21/h4-7H,3,15H2,1-2H3,(H,16,18,21). The maximum Gasteiger partial charge on any atom is 0.207 e. The van der Waals surface area contributed by atoms with Gasteiger partial charge in [-0.15, -0.1) is 0 Å². The van der Waals surface area contributed by atoms with E-state index in [1.165, 1.54) is 0 Å². The Morgan fingerprint density at radius 2 is 2.05 bits per heavy atom. The first kappa shape index (κ1) is 13.6. The Bertz CT molecular complexity index is 850. The third kappa shape index (κ3) is 2.25. The van der Waals surface area contributed by atoms with Crippen LogP contribution in [0.4, 0.5) is 5.82 Å². The van der Waals surface area contributed by atoms with E-state index in [2.05, 4.69) is 15.2 Å². The van der Waals surface area contributed by atoms with Gasteiger partial charge in [0.2, 0.25) is 4.77 Å². The molecule has 0 bridgehead atoms. The highest BCUT2D eigenvalue weighted by Gasteiger charge is 2.12. The van der Waals surface area contributed by atoms with Crippen molar-refractivity contribution in [3.05, 3.63) is 34.7 Å². The fourth-order valence-corrected chi connectivity index (χ4v) is 2.57. The Balaban J connectivity index is 2.19. The number of aromatic nitrogens is 4. The van der Waals surface area contributed by atoms with Gasteiger partial charge < -0.3 is 10.5 Å². The van der Waals surface area contributed by atoms with Gasteiger partial charge in [-0.25, -0.2) is 0 Å². The van der Waals surface area contributed by atoms with E-state index in [1.807, 2.05) is 38.1 Å². The number of hydrogen-bond donors (Lipinski definition) is 2. The molecule has 2 aromatic heterocycles. The predicted molar refractivity (Wildman–Crippen MR) is 84.4 cm³/mol. The molecule has 0 radical (unpaired) electrons. The number of anilines is 1. The second kappa shape index (κ2) is 5.17. The van der Waals surface area contributed by atoms with E-state index < -0.39 is 0 Å². The highest BCUT2D eigenvalue weighted by molar-refractivity contribution is 7.71. The summed E-state index contributed by atoms with van der Waals surface area (Å²) in [6.07, 6.45) is 0. The molecule has 0 aliphatic heterocycles. The van der Waals surface area contributed by atoms with Crippen molar-refractivity contribution in [1.82, 2.24) is 19.7 Å². The number of nitrogen functional groups attached to an aromatic ring is 1. The molecule has 0 saturated carbocycles. The number of aromatic amines is 1. The number of fused-ring (bicyclic) bond motifs is 1. The summed E-state index contributed by atoms with van der Waals surface area (Å²) in [6.45, 7) is 4.45. The van der Waals surface area contributed by atoms with Crippen LogP contribution in [0.2, 0.25) is 0 Å². The van der Waals surface area contributed by atoms with E-state index in [0.29, 0.717) is 22.8 Å². The van der Waals surface area contributed by atoms with Crippen LogP contribution in [0.5, 0.6) is 5.75 Å². The van der Waals surface area contributed by atoms with E-state index in [9.17, 15) is 0 Å². The van der Waals surface area contributed by atoms with Crippen molar-refractivity contribution in [2.45, 2.75) is 13.8 Å². The molecule has 21 heavy (non-hydrogen) atoms. The maximum absolute atomic E-state index is 6.26. The molecular formula is C14H15N5OS. The monoisotopic (exact) mass is 301 g/mol. The normalized spacial score (nSPS) is 11.0. The molecule has 0 amide bonds. The molecule has 0 aliphatic rings. The molecule has 7 heteroatoms. The van der Waals surface area contributed by atoms with E-state index >= 15 is 0 Å². The first-order chi connectivity index (χ1) is 10.1. The molecule has 0 saturated heterocycles. The highest BCUT2D eigenvalue weighted by atomic mass is 32.1. The van der Waals surface area contributed by atoms with E-state index in [0.717, 1.165) is 22.5 Å². The molecule has 108 valence electrons. The largest absolute Gasteiger partial charge is 0.494 e. The average Bonchev–Trinajstić information content (AvgIpc) is 2.82. The van der Waals surface area contributed by atoms with Crippen LogP contribution >= 0.6 is 12.2 Å². The lowest BCUT2D eigenvalue weighted by atomic mass is 10.2. The van der Waals surface area contributed by atoms with Gasteiger partial charge in [0, 0.05) is 0 Å². The van der Waals surface area contributed by atoms with Crippen molar-refractivity contribution in [3.8, 4) is 11.4 Å². The van der Waals surface area contributed by atoms with E-state index in [1.54, 1.807) is 4.57 Å². The number of ether oxygens (including phenoxy) is 1. The fourth-order valence-electron chi connectivity index (χ4n) is 2.28. The van der Waals surface area contributed by atoms with E-state index in [4.69, 9.17) is 22.7 Å². The summed E-state index contributed by atoms with van der Waals surface area (Å²) in [5.74, 6) is 1.33. The minimum Gasteiger partial charge on any atom is -0.494 e. The van der Waals surface area contributed by atoms with Gasteiger partial charge in [-0.2, -0.15) is 10.1 Å². The molecular weight excluding hydrogens is 286 g/mol. The van der Waals surface area contributed by atoms with Gasteiger partial charge in [0.25, 0.3) is 0 Å². The van der Waals surface area contributed by atoms with Crippen LogP contribution in [0, 0.1) is 11.7 Å². The summed E-state index contributed by atoms with van der Waals surface area (Å²) >= 11 is 5.34. The lowest BCUT2D eigenvalue weighted by Crippen LogP contribution is -2.07. The Kier molecular flexibility index (Phi) is 3.34. The zero-order valence-corrected chi connectivity index (χ0v) is 12.6. The number of nitrogens with one attached hydrogen (secondary N) is 1. The smallest absolute Gasteiger partial charge is 0.207 e. The predicted octanol–water partition coefficient (Wildman–Crippen LogP) is 2.77. The summed E-state index contributed by atoms with van der Waals surface area (Å²) in [6, 6.07) is 7.57. The molecule has 0 atom stereocenters. The lowest BCUT2D eigenvalue weighted by molar-refractivity contribution is 0.340. The molecule has 2 heterocycles. The van der Waals surface area contributed by atoms with Crippen LogP contribution in [0.15, 0.2) is 24.3 Å². The molecule has 3 aromatic rings. The highest BCUT2D eigenvalue weighted by Crippen LogP contribution is 2.25. The van der Waals surface area contributed by atoms with Gasteiger partial charge >= 0.3 is 0 Å². The molecule has 0 aliphatic carbocycles. The van der Waals surface area contributed by atoms with Crippen LogP contribution in [0.25, 0.3) is 16.7 Å². The summed E-state index contributed by atoms with van der Waals surface area (Å²) < 4.78 is 7.55. The van der Waals surface area contributed by atoms with Crippen molar-refractivity contribution >= 4 is 29.1 Å². The third-order valence-corrected chi connectivity index (χ3v) is 3.50. The second-order valence-electron chi connectivity index (χ2n) is 4.57. The first-order valence-corrected chi connectivity index (χ1v) is 6.99. The van der Waals surface area contributed by atoms with Crippen molar-refractivity contribution in [3.63, 3.8) is 0 Å².